The highest BCUT2D eigenvalue weighted by atomic mass is 32.2. The molecule has 32 heavy (non-hydrogen) atoms. The lowest BCUT2D eigenvalue weighted by atomic mass is 10.1. The molecule has 0 aromatic heterocycles. The Kier molecular flexibility index (Phi) is 7.66. The molecule has 0 N–H and O–H groups in total. The third-order valence-electron chi connectivity index (χ3n) is 5.70. The predicted octanol–water partition coefficient (Wildman–Crippen LogP) is 3.21. The van der Waals surface area contributed by atoms with Crippen molar-refractivity contribution in [3.8, 4) is 5.75 Å². The van der Waals surface area contributed by atoms with Crippen LogP contribution in [-0.2, 0) is 14.8 Å². The van der Waals surface area contributed by atoms with Gasteiger partial charge >= 0.3 is 0 Å². The minimum absolute atomic E-state index is 0.0681. The second kappa shape index (κ2) is 10.3. The molecule has 1 saturated heterocycles. The summed E-state index contributed by atoms with van der Waals surface area (Å²) in [5, 5.41) is 0. The van der Waals surface area contributed by atoms with Gasteiger partial charge in [-0.1, -0.05) is 18.2 Å². The maximum atomic E-state index is 12.8. The lowest BCUT2D eigenvalue weighted by Crippen LogP contribution is -2.49. The Morgan fingerprint density at radius 3 is 2.25 bits per heavy atom. The van der Waals surface area contributed by atoms with E-state index in [4.69, 9.17) is 4.74 Å². The van der Waals surface area contributed by atoms with Gasteiger partial charge in [-0.15, -0.1) is 0 Å². The summed E-state index contributed by atoms with van der Waals surface area (Å²) in [6.45, 7) is 6.95. The maximum absolute atomic E-state index is 12.8. The van der Waals surface area contributed by atoms with Gasteiger partial charge in [-0.2, -0.15) is 0 Å². The van der Waals surface area contributed by atoms with E-state index in [0.717, 1.165) is 35.7 Å². The fourth-order valence-electron chi connectivity index (χ4n) is 4.20. The van der Waals surface area contributed by atoms with Crippen LogP contribution in [0.5, 0.6) is 5.75 Å². The van der Waals surface area contributed by atoms with E-state index in [2.05, 4.69) is 4.90 Å². The van der Waals surface area contributed by atoms with Crippen molar-refractivity contribution in [3.05, 3.63) is 53.6 Å². The van der Waals surface area contributed by atoms with Gasteiger partial charge in [-0.3, -0.25) is 9.10 Å². The van der Waals surface area contributed by atoms with Crippen LogP contribution >= 0.6 is 0 Å². The van der Waals surface area contributed by atoms with Crippen molar-refractivity contribution in [1.29, 1.82) is 0 Å². The number of carbonyl (C=O) groups excluding carboxylic acids is 1. The number of sulfonamides is 1. The zero-order valence-electron chi connectivity index (χ0n) is 19.4. The van der Waals surface area contributed by atoms with Crippen LogP contribution in [0, 0.1) is 13.8 Å². The standard InChI is InChI=1S/C24H33N3O4S/c1-19-16-20(2)18-21(17-19)27(32(4,29)30)11-7-10-24(28)26-14-12-25(13-15-26)22-8-5-6-9-23(22)31-3/h5-6,8-9,16-18H,7,10-15H2,1-4H3. The number of nitrogens with zero attached hydrogens (tertiary/aromatic N) is 3. The van der Waals surface area contributed by atoms with Crippen LogP contribution in [-0.4, -0.2) is 65.3 Å². The molecule has 1 amide bonds. The number of anilines is 2. The molecule has 0 bridgehead atoms. The van der Waals surface area contributed by atoms with E-state index in [1.54, 1.807) is 7.11 Å². The highest BCUT2D eigenvalue weighted by molar-refractivity contribution is 7.92. The molecule has 0 aliphatic carbocycles. The van der Waals surface area contributed by atoms with Crippen LogP contribution < -0.4 is 13.9 Å². The van der Waals surface area contributed by atoms with Crippen LogP contribution in [0.15, 0.2) is 42.5 Å². The molecule has 1 fully saturated rings. The van der Waals surface area contributed by atoms with Crippen LogP contribution in [0.25, 0.3) is 0 Å². The fourth-order valence-corrected chi connectivity index (χ4v) is 5.15. The molecule has 0 saturated carbocycles. The molecule has 1 aliphatic heterocycles. The number of hydrogen-bond donors (Lipinski definition) is 0. The second-order valence-corrected chi connectivity index (χ2v) is 10.2. The van der Waals surface area contributed by atoms with E-state index in [0.29, 0.717) is 31.6 Å². The molecule has 8 heteroatoms. The largest absolute Gasteiger partial charge is 0.495 e. The Bertz CT molecular complexity index is 1030. The summed E-state index contributed by atoms with van der Waals surface area (Å²) in [6, 6.07) is 13.6. The van der Waals surface area contributed by atoms with E-state index < -0.39 is 10.0 Å². The summed E-state index contributed by atoms with van der Waals surface area (Å²) in [4.78, 5) is 16.9. The lowest BCUT2D eigenvalue weighted by molar-refractivity contribution is -0.131. The average Bonchev–Trinajstić information content (AvgIpc) is 2.75. The summed E-state index contributed by atoms with van der Waals surface area (Å²) in [7, 11) is -1.77. The first-order chi connectivity index (χ1) is 15.2. The number of aryl methyl sites for hydroxylation is 2. The molecule has 0 radical (unpaired) electrons. The number of benzene rings is 2. The summed E-state index contributed by atoms with van der Waals surface area (Å²) in [5.41, 5.74) is 3.72. The van der Waals surface area contributed by atoms with Gasteiger partial charge < -0.3 is 14.5 Å². The molecule has 0 atom stereocenters. The fraction of sp³-hybridized carbons (Fsp3) is 0.458. The topological polar surface area (TPSA) is 70.2 Å². The van der Waals surface area contributed by atoms with Crippen molar-refractivity contribution < 1.29 is 17.9 Å². The first-order valence-electron chi connectivity index (χ1n) is 10.9. The molecule has 2 aromatic carbocycles. The first-order valence-corrected chi connectivity index (χ1v) is 12.8. The minimum atomic E-state index is -3.43. The minimum Gasteiger partial charge on any atom is -0.495 e. The number of hydrogen-bond acceptors (Lipinski definition) is 5. The van der Waals surface area contributed by atoms with Gasteiger partial charge in [-0.25, -0.2) is 8.42 Å². The molecule has 7 nitrogen and oxygen atoms in total. The van der Waals surface area contributed by atoms with Gasteiger partial charge in [0, 0.05) is 39.1 Å². The van der Waals surface area contributed by atoms with Crippen LogP contribution in [0.1, 0.15) is 24.0 Å². The van der Waals surface area contributed by atoms with Crippen molar-refractivity contribution in [1.82, 2.24) is 4.90 Å². The first kappa shape index (κ1) is 23.9. The van der Waals surface area contributed by atoms with Gasteiger partial charge in [0.2, 0.25) is 15.9 Å². The number of piperazine rings is 1. The third-order valence-corrected chi connectivity index (χ3v) is 6.90. The Labute approximate surface area is 191 Å². The monoisotopic (exact) mass is 459 g/mol. The molecular formula is C24H33N3O4S. The highest BCUT2D eigenvalue weighted by Crippen LogP contribution is 2.28. The van der Waals surface area contributed by atoms with Crippen molar-refractivity contribution in [3.63, 3.8) is 0 Å². The van der Waals surface area contributed by atoms with Gasteiger partial charge in [0.05, 0.1) is 24.7 Å². The van der Waals surface area contributed by atoms with E-state index >= 15 is 0 Å². The molecular weight excluding hydrogens is 426 g/mol. The molecule has 2 aromatic rings. The maximum Gasteiger partial charge on any atom is 0.232 e. The molecule has 0 unspecified atom stereocenters. The summed E-state index contributed by atoms with van der Waals surface area (Å²) in [5.74, 6) is 0.901. The van der Waals surface area contributed by atoms with E-state index in [-0.39, 0.29) is 12.5 Å². The van der Waals surface area contributed by atoms with Gasteiger partial charge in [0.25, 0.3) is 0 Å². The molecule has 1 aliphatic rings. The van der Waals surface area contributed by atoms with Crippen molar-refractivity contribution >= 4 is 27.3 Å². The molecule has 3 rings (SSSR count). The number of ether oxygens (including phenoxy) is 1. The highest BCUT2D eigenvalue weighted by Gasteiger charge is 2.24. The van der Waals surface area contributed by atoms with Crippen LogP contribution in [0.2, 0.25) is 0 Å². The zero-order valence-corrected chi connectivity index (χ0v) is 20.2. The molecule has 0 spiro atoms. The van der Waals surface area contributed by atoms with Crippen molar-refractivity contribution in [2.45, 2.75) is 26.7 Å². The van der Waals surface area contributed by atoms with Gasteiger partial charge in [-0.05, 0) is 55.7 Å². The van der Waals surface area contributed by atoms with Crippen LogP contribution in [0.4, 0.5) is 11.4 Å². The number of amides is 1. The SMILES string of the molecule is COc1ccccc1N1CCN(C(=O)CCCN(c2cc(C)cc(C)c2)S(C)(=O)=O)CC1. The lowest BCUT2D eigenvalue weighted by Gasteiger charge is -2.36. The van der Waals surface area contributed by atoms with E-state index in [9.17, 15) is 13.2 Å². The normalized spacial score (nSPS) is 14.4. The number of carbonyl (C=O) groups is 1. The van der Waals surface area contributed by atoms with Gasteiger partial charge in [0.15, 0.2) is 0 Å². The second-order valence-electron chi connectivity index (χ2n) is 8.32. The Balaban J connectivity index is 1.55. The Morgan fingerprint density at radius 1 is 1.03 bits per heavy atom. The summed E-state index contributed by atoms with van der Waals surface area (Å²) >= 11 is 0. The number of rotatable bonds is 8. The quantitative estimate of drug-likeness (QED) is 0.606. The Morgan fingerprint density at radius 2 is 1.66 bits per heavy atom. The number of para-hydroxylation sites is 2. The summed E-state index contributed by atoms with van der Waals surface area (Å²) < 4.78 is 31.6. The van der Waals surface area contributed by atoms with Crippen molar-refractivity contribution in [2.75, 3.05) is 55.3 Å². The number of methoxy groups -OCH3 is 1. The molecule has 174 valence electrons. The summed E-state index contributed by atoms with van der Waals surface area (Å²) in [6.07, 6.45) is 2.01. The van der Waals surface area contributed by atoms with Crippen molar-refractivity contribution in [2.24, 2.45) is 0 Å². The van der Waals surface area contributed by atoms with Crippen LogP contribution in [0.3, 0.4) is 0 Å². The van der Waals surface area contributed by atoms with E-state index in [1.807, 2.05) is 61.2 Å². The van der Waals surface area contributed by atoms with Gasteiger partial charge in [0.1, 0.15) is 5.75 Å². The zero-order chi connectivity index (χ0) is 23.3. The van der Waals surface area contributed by atoms with E-state index in [1.165, 1.54) is 10.6 Å². The third kappa shape index (κ3) is 5.94. The smallest absolute Gasteiger partial charge is 0.232 e. The Hall–Kier alpha value is -2.74. The average molecular weight is 460 g/mol. The predicted molar refractivity (Wildman–Crippen MR) is 129 cm³/mol. The molecule has 1 heterocycles.